The van der Waals surface area contributed by atoms with Gasteiger partial charge in [-0.1, -0.05) is 37.5 Å². The van der Waals surface area contributed by atoms with Gasteiger partial charge in [-0.15, -0.1) is 0 Å². The quantitative estimate of drug-likeness (QED) is 0.813. The molecule has 27 heavy (non-hydrogen) atoms. The summed E-state index contributed by atoms with van der Waals surface area (Å²) in [6.45, 7) is 2.84. The molecule has 1 aliphatic heterocycles. The highest BCUT2D eigenvalue weighted by Crippen LogP contribution is 2.28. The minimum Gasteiger partial charge on any atom is -0.341 e. The summed E-state index contributed by atoms with van der Waals surface area (Å²) >= 11 is 0. The Morgan fingerprint density at radius 3 is 2.63 bits per heavy atom. The number of likely N-dealkylation sites (tertiary alicyclic amines) is 1. The van der Waals surface area contributed by atoms with Crippen LogP contribution in [0.25, 0.3) is 10.9 Å². The Hall–Kier alpha value is -1.94. The van der Waals surface area contributed by atoms with Crippen LogP contribution in [0.1, 0.15) is 50.5 Å². The zero-order valence-electron chi connectivity index (χ0n) is 16.4. The van der Waals surface area contributed by atoms with Gasteiger partial charge in [0.15, 0.2) is 0 Å². The van der Waals surface area contributed by atoms with Crippen molar-refractivity contribution in [3.63, 3.8) is 0 Å². The Balaban J connectivity index is 1.35. The Kier molecular flexibility index (Phi) is 5.72. The number of rotatable bonds is 4. The summed E-state index contributed by atoms with van der Waals surface area (Å²) in [5.41, 5.74) is 2.17. The molecular weight excluding hydrogens is 334 g/mol. The first-order valence-electron chi connectivity index (χ1n) is 10.5. The molecule has 2 aromatic rings. The number of hydrogen-bond donors (Lipinski definition) is 0. The van der Waals surface area contributed by atoms with Crippen molar-refractivity contribution in [3.05, 3.63) is 42.1 Å². The van der Waals surface area contributed by atoms with Gasteiger partial charge < -0.3 is 9.80 Å². The van der Waals surface area contributed by atoms with E-state index in [0.717, 1.165) is 42.9 Å². The molecule has 1 saturated carbocycles. The maximum absolute atomic E-state index is 13.0. The molecule has 1 saturated heterocycles. The van der Waals surface area contributed by atoms with Gasteiger partial charge in [-0.2, -0.15) is 0 Å². The largest absolute Gasteiger partial charge is 0.341 e. The number of aromatic nitrogens is 1. The van der Waals surface area contributed by atoms with E-state index in [1.54, 1.807) is 0 Å². The van der Waals surface area contributed by atoms with Crippen molar-refractivity contribution < 1.29 is 4.79 Å². The molecular formula is C23H31N3O. The van der Waals surface area contributed by atoms with Crippen LogP contribution in [-0.4, -0.2) is 46.9 Å². The molecule has 4 rings (SSSR count). The molecule has 0 bridgehead atoms. The third kappa shape index (κ3) is 4.16. The number of hydrogen-bond acceptors (Lipinski definition) is 3. The van der Waals surface area contributed by atoms with Crippen LogP contribution in [0, 0.1) is 5.92 Å². The lowest BCUT2D eigenvalue weighted by Crippen LogP contribution is -2.45. The predicted molar refractivity (Wildman–Crippen MR) is 109 cm³/mol. The fourth-order valence-corrected chi connectivity index (χ4v) is 4.91. The molecule has 0 unspecified atom stereocenters. The number of piperidine rings is 1. The summed E-state index contributed by atoms with van der Waals surface area (Å²) < 4.78 is 0. The van der Waals surface area contributed by atoms with E-state index < -0.39 is 0 Å². The van der Waals surface area contributed by atoms with E-state index in [9.17, 15) is 4.79 Å². The van der Waals surface area contributed by atoms with Crippen LogP contribution in [0.3, 0.4) is 0 Å². The van der Waals surface area contributed by atoms with Crippen molar-refractivity contribution in [1.29, 1.82) is 0 Å². The number of nitrogens with zero attached hydrogens (tertiary/aromatic N) is 3. The molecule has 0 atom stereocenters. The highest BCUT2D eigenvalue weighted by Gasteiger charge is 2.30. The first kappa shape index (κ1) is 18.4. The van der Waals surface area contributed by atoms with Gasteiger partial charge in [0.2, 0.25) is 5.91 Å². The number of carbonyl (C=O) groups is 1. The van der Waals surface area contributed by atoms with Gasteiger partial charge in [-0.25, -0.2) is 0 Å². The van der Waals surface area contributed by atoms with E-state index >= 15 is 0 Å². The predicted octanol–water partition coefficient (Wildman–Crippen LogP) is 4.24. The average Bonchev–Trinajstić information content (AvgIpc) is 2.74. The Labute approximate surface area is 162 Å². The number of fused-ring (bicyclic) bond motifs is 1. The molecule has 1 aromatic heterocycles. The molecule has 4 heteroatoms. The number of amides is 1. The highest BCUT2D eigenvalue weighted by molar-refractivity contribution is 5.83. The first-order valence-corrected chi connectivity index (χ1v) is 10.5. The van der Waals surface area contributed by atoms with Crippen LogP contribution in [0.5, 0.6) is 0 Å². The molecule has 1 amide bonds. The second kappa shape index (κ2) is 8.39. The summed E-state index contributed by atoms with van der Waals surface area (Å²) in [6, 6.07) is 11.0. The van der Waals surface area contributed by atoms with Gasteiger partial charge in [0.1, 0.15) is 0 Å². The second-order valence-corrected chi connectivity index (χ2v) is 8.28. The standard InChI is InChI=1S/C23H31N3O/c1-25(17-19-7-5-11-22-21(19)10-6-14-24-22)23(27)18-12-15-26(16-13-18)20-8-3-2-4-9-20/h5-7,10-11,14,18,20H,2-4,8-9,12-13,15-17H2,1H3. The Bertz CT molecular complexity index is 771. The summed E-state index contributed by atoms with van der Waals surface area (Å²) in [7, 11) is 1.95. The van der Waals surface area contributed by atoms with E-state index in [2.05, 4.69) is 22.0 Å². The van der Waals surface area contributed by atoms with Crippen LogP contribution in [0.15, 0.2) is 36.5 Å². The molecule has 0 spiro atoms. The number of pyridine rings is 1. The minimum atomic E-state index is 0.183. The van der Waals surface area contributed by atoms with Gasteiger partial charge in [0.25, 0.3) is 0 Å². The number of benzene rings is 1. The highest BCUT2D eigenvalue weighted by atomic mass is 16.2. The molecule has 0 N–H and O–H groups in total. The third-order valence-electron chi connectivity index (χ3n) is 6.49. The Morgan fingerprint density at radius 2 is 1.85 bits per heavy atom. The normalized spacial score (nSPS) is 20.0. The van der Waals surface area contributed by atoms with Gasteiger partial charge in [-0.05, 0) is 56.5 Å². The van der Waals surface area contributed by atoms with Crippen molar-refractivity contribution in [2.24, 2.45) is 5.92 Å². The van der Waals surface area contributed by atoms with Crippen LogP contribution in [-0.2, 0) is 11.3 Å². The fraction of sp³-hybridized carbons (Fsp3) is 0.565. The van der Waals surface area contributed by atoms with Crippen LogP contribution in [0.4, 0.5) is 0 Å². The first-order chi connectivity index (χ1) is 13.2. The molecule has 144 valence electrons. The zero-order valence-corrected chi connectivity index (χ0v) is 16.4. The SMILES string of the molecule is CN(Cc1cccc2ncccc12)C(=O)C1CCN(C2CCCCC2)CC1. The monoisotopic (exact) mass is 365 g/mol. The van der Waals surface area contributed by atoms with Crippen LogP contribution in [0.2, 0.25) is 0 Å². The maximum Gasteiger partial charge on any atom is 0.225 e. The summed E-state index contributed by atoms with van der Waals surface area (Å²) in [6.07, 6.45) is 10.7. The van der Waals surface area contributed by atoms with Crippen LogP contribution >= 0.6 is 0 Å². The molecule has 1 aromatic carbocycles. The van der Waals surface area contributed by atoms with Crippen molar-refractivity contribution in [2.45, 2.75) is 57.5 Å². The lowest BCUT2D eigenvalue weighted by atomic mass is 9.89. The Morgan fingerprint density at radius 1 is 1.07 bits per heavy atom. The third-order valence-corrected chi connectivity index (χ3v) is 6.49. The van der Waals surface area contributed by atoms with E-state index in [1.165, 1.54) is 37.7 Å². The topological polar surface area (TPSA) is 36.4 Å². The maximum atomic E-state index is 13.0. The molecule has 1 aliphatic carbocycles. The smallest absolute Gasteiger partial charge is 0.225 e. The lowest BCUT2D eigenvalue weighted by molar-refractivity contribution is -0.136. The van der Waals surface area contributed by atoms with E-state index in [1.807, 2.05) is 36.3 Å². The van der Waals surface area contributed by atoms with Crippen LogP contribution < -0.4 is 0 Å². The van der Waals surface area contributed by atoms with Crippen molar-refractivity contribution >= 4 is 16.8 Å². The lowest BCUT2D eigenvalue weighted by Gasteiger charge is -2.39. The molecule has 4 nitrogen and oxygen atoms in total. The average molecular weight is 366 g/mol. The summed E-state index contributed by atoms with van der Waals surface area (Å²) in [5, 5.41) is 1.15. The van der Waals surface area contributed by atoms with E-state index in [0.29, 0.717) is 12.5 Å². The van der Waals surface area contributed by atoms with Gasteiger partial charge in [-0.3, -0.25) is 9.78 Å². The van der Waals surface area contributed by atoms with E-state index in [-0.39, 0.29) is 5.92 Å². The van der Waals surface area contributed by atoms with E-state index in [4.69, 9.17) is 0 Å². The van der Waals surface area contributed by atoms with Crippen molar-refractivity contribution in [1.82, 2.24) is 14.8 Å². The molecule has 2 heterocycles. The van der Waals surface area contributed by atoms with Gasteiger partial charge >= 0.3 is 0 Å². The molecule has 2 fully saturated rings. The second-order valence-electron chi connectivity index (χ2n) is 8.28. The van der Waals surface area contributed by atoms with Crippen molar-refractivity contribution in [2.75, 3.05) is 20.1 Å². The molecule has 2 aliphatic rings. The number of carbonyl (C=O) groups excluding carboxylic acids is 1. The summed E-state index contributed by atoms with van der Waals surface area (Å²) in [5.74, 6) is 0.488. The summed E-state index contributed by atoms with van der Waals surface area (Å²) in [4.78, 5) is 22.0. The zero-order chi connectivity index (χ0) is 18.6. The van der Waals surface area contributed by atoms with Gasteiger partial charge in [0, 0.05) is 37.1 Å². The van der Waals surface area contributed by atoms with Crippen molar-refractivity contribution in [3.8, 4) is 0 Å². The minimum absolute atomic E-state index is 0.183. The molecule has 0 radical (unpaired) electrons. The fourth-order valence-electron chi connectivity index (χ4n) is 4.91. The van der Waals surface area contributed by atoms with Gasteiger partial charge in [0.05, 0.1) is 5.52 Å².